The number of urea groups is 1. The summed E-state index contributed by atoms with van der Waals surface area (Å²) in [7, 11) is 5.88. The van der Waals surface area contributed by atoms with Gasteiger partial charge in [0.05, 0.1) is 43.7 Å². The third kappa shape index (κ3) is 21.8. The highest BCUT2D eigenvalue weighted by atomic mass is 16.6. The van der Waals surface area contributed by atoms with Crippen molar-refractivity contribution in [2.45, 2.75) is 199 Å². The molecule has 0 saturated carbocycles. The maximum atomic E-state index is 14.9. The van der Waals surface area contributed by atoms with E-state index in [2.05, 4.69) is 31.9 Å². The van der Waals surface area contributed by atoms with Gasteiger partial charge in [0, 0.05) is 78.1 Å². The van der Waals surface area contributed by atoms with Crippen LogP contribution in [0.25, 0.3) is 0 Å². The molecule has 3 heterocycles. The third-order valence-electron chi connectivity index (χ3n) is 18.6. The molecule has 8 N–H and O–H groups in total. The molecular formula is C69H103N11O16. The molecule has 0 spiro atoms. The number of esters is 1. The molecule has 96 heavy (non-hydrogen) atoms. The zero-order chi connectivity index (χ0) is 71.0. The summed E-state index contributed by atoms with van der Waals surface area (Å²) in [5.74, 6) is -6.35. The first-order valence-electron chi connectivity index (χ1n) is 33.5. The van der Waals surface area contributed by atoms with Crippen LogP contribution in [0.15, 0.2) is 66.7 Å². The van der Waals surface area contributed by atoms with Crippen molar-refractivity contribution in [3.8, 4) is 0 Å². The zero-order valence-electron chi connectivity index (χ0n) is 57.9. The number of rotatable bonds is 37. The van der Waals surface area contributed by atoms with Crippen molar-refractivity contribution < 1.29 is 76.5 Å². The van der Waals surface area contributed by atoms with E-state index in [0.717, 1.165) is 10.5 Å². The SMILES string of the molecule is CC[C@H](C)[C@@H]([C@@H](CC(=O)N1CCC[C@H]1[C@H](OC)[C@@H](C)C(=O)N[C@@H](Cc1ccccc1)C(=O)OC)OC)N(C)C(=O)[C@@H](NC(=O)C1(C)CCCN1C(=O)OCc1ccc(NC(=O)[C@H](CCCNC(N)=O)NC(=O)[C@@H](NC(=O)CCCCCN2C(=O)C=CC2=O)C(C)C)cc1)C(C)C. The van der Waals surface area contributed by atoms with Crippen LogP contribution in [0.3, 0.4) is 0 Å². The summed E-state index contributed by atoms with van der Waals surface area (Å²) in [6.45, 7) is 15.1. The van der Waals surface area contributed by atoms with Crippen molar-refractivity contribution in [3.05, 3.63) is 77.9 Å². The minimum atomic E-state index is -1.41. The number of anilines is 1. The fraction of sp³-hybridized carbons (Fsp3) is 0.623. The molecule has 530 valence electrons. The number of ether oxygens (including phenoxy) is 4. The van der Waals surface area contributed by atoms with Gasteiger partial charge in [-0.3, -0.25) is 53.0 Å². The van der Waals surface area contributed by atoms with Gasteiger partial charge in [0.1, 0.15) is 36.3 Å². The van der Waals surface area contributed by atoms with Crippen LogP contribution >= 0.6 is 0 Å². The van der Waals surface area contributed by atoms with Crippen molar-refractivity contribution >= 4 is 76.9 Å². The van der Waals surface area contributed by atoms with Gasteiger partial charge in [-0.25, -0.2) is 14.4 Å². The molecule has 12 amide bonds. The number of carbonyl (C=O) groups is 12. The highest BCUT2D eigenvalue weighted by molar-refractivity contribution is 6.12. The molecule has 11 atom stereocenters. The lowest BCUT2D eigenvalue weighted by Gasteiger charge is -2.41. The molecule has 2 fully saturated rings. The Morgan fingerprint density at radius 3 is 1.99 bits per heavy atom. The summed E-state index contributed by atoms with van der Waals surface area (Å²) in [6, 6.07) is 9.67. The summed E-state index contributed by atoms with van der Waals surface area (Å²) in [5, 5.41) is 16.6. The van der Waals surface area contributed by atoms with Crippen molar-refractivity contribution in [2.75, 3.05) is 59.9 Å². The lowest BCUT2D eigenvalue weighted by molar-refractivity contribution is -0.149. The van der Waals surface area contributed by atoms with E-state index in [-0.39, 0.29) is 100 Å². The minimum Gasteiger partial charge on any atom is -0.467 e. The molecule has 0 bridgehead atoms. The van der Waals surface area contributed by atoms with Gasteiger partial charge < -0.3 is 66.4 Å². The average Bonchev–Trinajstić information content (AvgIpc) is 1.11. The van der Waals surface area contributed by atoms with Gasteiger partial charge in [-0.05, 0) is 99.3 Å². The molecular weight excluding hydrogens is 1240 g/mol. The Bertz CT molecular complexity index is 3020. The molecule has 27 nitrogen and oxygen atoms in total. The van der Waals surface area contributed by atoms with E-state index in [1.165, 1.54) is 38.4 Å². The number of carbonyl (C=O) groups excluding carboxylic acids is 12. The van der Waals surface area contributed by atoms with Gasteiger partial charge in [-0.2, -0.15) is 0 Å². The lowest BCUT2D eigenvalue weighted by Crippen LogP contribution is -2.62. The maximum absolute atomic E-state index is 14.9. The summed E-state index contributed by atoms with van der Waals surface area (Å²) >= 11 is 0. The summed E-state index contributed by atoms with van der Waals surface area (Å²) in [6.07, 6.45) is 4.73. The van der Waals surface area contributed by atoms with Crippen LogP contribution in [0.1, 0.15) is 144 Å². The smallest absolute Gasteiger partial charge is 0.410 e. The highest BCUT2D eigenvalue weighted by Crippen LogP contribution is 2.33. The van der Waals surface area contributed by atoms with Crippen LogP contribution in [0.2, 0.25) is 0 Å². The predicted molar refractivity (Wildman–Crippen MR) is 356 cm³/mol. The van der Waals surface area contributed by atoms with Gasteiger partial charge in [0.15, 0.2) is 0 Å². The van der Waals surface area contributed by atoms with Crippen LogP contribution in [0.5, 0.6) is 0 Å². The van der Waals surface area contributed by atoms with Crippen LogP contribution in [0, 0.1) is 23.7 Å². The van der Waals surface area contributed by atoms with E-state index >= 15 is 0 Å². The Hall–Kier alpha value is -8.46. The zero-order valence-corrected chi connectivity index (χ0v) is 57.9. The maximum Gasteiger partial charge on any atom is 0.410 e. The number of likely N-dealkylation sites (tertiary alicyclic amines) is 2. The monoisotopic (exact) mass is 1340 g/mol. The first-order valence-corrected chi connectivity index (χ1v) is 33.5. The molecule has 1 unspecified atom stereocenters. The van der Waals surface area contributed by atoms with E-state index in [0.29, 0.717) is 62.7 Å². The number of imide groups is 1. The van der Waals surface area contributed by atoms with Gasteiger partial charge in [-0.1, -0.05) is 104 Å². The fourth-order valence-electron chi connectivity index (χ4n) is 12.7. The summed E-state index contributed by atoms with van der Waals surface area (Å²) in [4.78, 5) is 166. The topological polar surface area (TPSA) is 353 Å². The van der Waals surface area contributed by atoms with E-state index in [1.807, 2.05) is 44.2 Å². The molecule has 2 aromatic carbocycles. The van der Waals surface area contributed by atoms with Crippen molar-refractivity contribution in [2.24, 2.45) is 29.4 Å². The summed E-state index contributed by atoms with van der Waals surface area (Å²) < 4.78 is 22.9. The fourth-order valence-corrected chi connectivity index (χ4v) is 12.7. The Labute approximate surface area is 564 Å². The second-order valence-electron chi connectivity index (χ2n) is 26.1. The van der Waals surface area contributed by atoms with Crippen LogP contribution in [-0.2, 0) is 79.9 Å². The third-order valence-corrected chi connectivity index (χ3v) is 18.6. The number of nitrogens with two attached hydrogens (primary N) is 1. The molecule has 5 rings (SSSR count). The molecule has 3 aliphatic heterocycles. The van der Waals surface area contributed by atoms with Gasteiger partial charge in [0.2, 0.25) is 41.4 Å². The minimum absolute atomic E-state index is 0.0852. The number of benzene rings is 2. The first-order chi connectivity index (χ1) is 45.6. The van der Waals surface area contributed by atoms with Crippen molar-refractivity contribution in [3.63, 3.8) is 0 Å². The number of hydrogen-bond acceptors (Lipinski definition) is 16. The van der Waals surface area contributed by atoms with Crippen LogP contribution in [-0.4, -0.2) is 199 Å². The van der Waals surface area contributed by atoms with Gasteiger partial charge in [0.25, 0.3) is 11.8 Å². The number of primary amides is 1. The molecule has 0 aromatic heterocycles. The normalized spacial score (nSPS) is 18.9. The average molecular weight is 1340 g/mol. The molecule has 3 aliphatic rings. The van der Waals surface area contributed by atoms with Gasteiger partial charge in [-0.15, -0.1) is 0 Å². The second-order valence-corrected chi connectivity index (χ2v) is 26.1. The molecule has 0 radical (unpaired) electrons. The number of amides is 12. The van der Waals surface area contributed by atoms with E-state index < -0.39 is 113 Å². The van der Waals surface area contributed by atoms with E-state index in [1.54, 1.807) is 82.7 Å². The van der Waals surface area contributed by atoms with Crippen LogP contribution < -0.4 is 37.6 Å². The standard InChI is InChI=1S/C69H103N11O16/c1-13-44(6)59(52(93-10)40-56(84)78-37-21-26-51(78)60(94-11)45(7)61(85)74-50(65(89)95-12)39-46-23-16-14-17-24-46)77(9)64(88)58(43(4)5)76-66(90)69(8)34-22-38-80(69)68(92)96-41-47-28-30-48(31-29-47)72-62(86)49(25-20-35-71-67(70)91)73-63(87)57(42(2)3)75-53(81)27-18-15-19-36-79-54(82)32-33-55(79)83/h14,16-17,23-24,28-33,42-45,49-52,57-60H,13,15,18-22,25-27,34-41H2,1-12H3,(H,72,86)(H,73,87)(H,74,85)(H,75,81)(H,76,90)(H3,70,71,91)/t44-,45+,49-,50-,51-,52+,57-,58-,59-,60+,69?/m0/s1. The predicted octanol–water partition coefficient (Wildman–Crippen LogP) is 4.64. The molecule has 0 aliphatic carbocycles. The van der Waals surface area contributed by atoms with E-state index in [4.69, 9.17) is 24.7 Å². The quantitative estimate of drug-likeness (QED) is 0.0275. The second kappa shape index (κ2) is 37.7. The Morgan fingerprint density at radius 2 is 1.39 bits per heavy atom. The van der Waals surface area contributed by atoms with E-state index in [9.17, 15) is 57.5 Å². The van der Waals surface area contributed by atoms with Crippen LogP contribution in [0.4, 0.5) is 15.3 Å². The van der Waals surface area contributed by atoms with Crippen molar-refractivity contribution in [1.82, 2.24) is 46.2 Å². The number of likely N-dealkylation sites (N-methyl/N-ethyl adjacent to an activating group) is 1. The number of nitrogens with zero attached hydrogens (tertiary/aromatic N) is 4. The Balaban J connectivity index is 1.18. The van der Waals surface area contributed by atoms with Gasteiger partial charge >= 0.3 is 18.1 Å². The number of hydrogen-bond donors (Lipinski definition) is 7. The molecule has 27 heteroatoms. The number of methoxy groups -OCH3 is 3. The largest absolute Gasteiger partial charge is 0.467 e. The van der Waals surface area contributed by atoms with Crippen molar-refractivity contribution in [1.29, 1.82) is 0 Å². The molecule has 2 saturated heterocycles. The Kier molecular flexibility index (Phi) is 30.8. The Morgan fingerprint density at radius 1 is 0.729 bits per heavy atom. The summed E-state index contributed by atoms with van der Waals surface area (Å²) in [5.41, 5.74) is 5.55. The lowest BCUT2D eigenvalue weighted by atomic mass is 9.89. The number of unbranched alkanes of at least 4 members (excludes halogenated alkanes) is 2. The molecule has 2 aromatic rings. The first kappa shape index (κ1) is 78.2. The number of nitrogens with one attached hydrogen (secondary N) is 6. The highest BCUT2D eigenvalue weighted by Gasteiger charge is 2.49.